The molecule has 0 saturated carbocycles. The summed E-state index contributed by atoms with van der Waals surface area (Å²) in [4.78, 5) is 23.8. The van der Waals surface area contributed by atoms with Gasteiger partial charge in [-0.3, -0.25) is 9.59 Å². The van der Waals surface area contributed by atoms with Gasteiger partial charge in [-0.15, -0.1) is 0 Å². The summed E-state index contributed by atoms with van der Waals surface area (Å²) < 4.78 is 5.32. The summed E-state index contributed by atoms with van der Waals surface area (Å²) in [7, 11) is 0. The molecule has 2 amide bonds. The fourth-order valence-corrected chi connectivity index (χ4v) is 2.24. The number of benzene rings is 1. The first-order valence-corrected chi connectivity index (χ1v) is 7.56. The minimum Gasteiger partial charge on any atom is -0.378 e. The third kappa shape index (κ3) is 5.13. The number of ether oxygens (including phenoxy) is 1. The largest absolute Gasteiger partial charge is 0.378 e. The van der Waals surface area contributed by atoms with Crippen LogP contribution < -0.4 is 16.0 Å². The maximum atomic E-state index is 12.0. The first-order chi connectivity index (χ1) is 10.5. The lowest BCUT2D eigenvalue weighted by Crippen LogP contribution is -2.43. The molecule has 0 aromatic heterocycles. The van der Waals surface area contributed by atoms with Crippen LogP contribution in [0.3, 0.4) is 0 Å². The molecule has 3 N–H and O–H groups in total. The second-order valence-corrected chi connectivity index (χ2v) is 5.68. The molecule has 1 aliphatic heterocycles. The van der Waals surface area contributed by atoms with E-state index in [1.807, 2.05) is 13.8 Å². The molecule has 0 aliphatic carbocycles. The smallest absolute Gasteiger partial charge is 0.251 e. The van der Waals surface area contributed by atoms with Crippen molar-refractivity contribution >= 4 is 17.5 Å². The Bertz CT molecular complexity index is 508. The van der Waals surface area contributed by atoms with Gasteiger partial charge in [0.05, 0.1) is 13.2 Å². The molecule has 0 radical (unpaired) electrons. The lowest BCUT2D eigenvalue weighted by atomic mass is 10.1. The number of hydrogen-bond donors (Lipinski definition) is 3. The topological polar surface area (TPSA) is 79.5 Å². The summed E-state index contributed by atoms with van der Waals surface area (Å²) in [6.45, 7) is 5.85. The highest BCUT2D eigenvalue weighted by Gasteiger charge is 2.17. The van der Waals surface area contributed by atoms with Crippen LogP contribution in [0, 0.1) is 0 Å². The standard InChI is InChI=1S/C16H23N3O3/c1-11(2)18-16(21)12-3-5-13(6-4-12)19-15(20)9-14-10-22-8-7-17-14/h3-6,11,14,17H,7-10H2,1-2H3,(H,18,21)(H,19,20). The van der Waals surface area contributed by atoms with Crippen molar-refractivity contribution in [3.63, 3.8) is 0 Å². The molecule has 1 atom stereocenters. The Kier molecular flexibility index (Phi) is 5.91. The van der Waals surface area contributed by atoms with E-state index in [-0.39, 0.29) is 23.9 Å². The number of morpholine rings is 1. The molecule has 22 heavy (non-hydrogen) atoms. The van der Waals surface area contributed by atoms with E-state index in [4.69, 9.17) is 4.74 Å². The maximum absolute atomic E-state index is 12.0. The molecule has 1 aromatic rings. The first-order valence-electron chi connectivity index (χ1n) is 7.56. The fraction of sp³-hybridized carbons (Fsp3) is 0.500. The zero-order chi connectivity index (χ0) is 15.9. The normalized spacial score (nSPS) is 18.0. The van der Waals surface area contributed by atoms with Crippen LogP contribution in [0.25, 0.3) is 0 Å². The zero-order valence-corrected chi connectivity index (χ0v) is 13.0. The molecule has 1 unspecified atom stereocenters. The SMILES string of the molecule is CC(C)NC(=O)c1ccc(NC(=O)CC2COCCN2)cc1. The summed E-state index contributed by atoms with van der Waals surface area (Å²) in [6, 6.07) is 7.03. The van der Waals surface area contributed by atoms with Crippen molar-refractivity contribution < 1.29 is 14.3 Å². The van der Waals surface area contributed by atoms with Gasteiger partial charge in [0.1, 0.15) is 0 Å². The summed E-state index contributed by atoms with van der Waals surface area (Å²) >= 11 is 0. The van der Waals surface area contributed by atoms with E-state index >= 15 is 0 Å². The predicted octanol–water partition coefficient (Wildman–Crippen LogP) is 1.14. The molecular weight excluding hydrogens is 282 g/mol. The number of carbonyl (C=O) groups excluding carboxylic acids is 2. The van der Waals surface area contributed by atoms with Crippen molar-refractivity contribution in [2.24, 2.45) is 0 Å². The Hall–Kier alpha value is -1.92. The van der Waals surface area contributed by atoms with Gasteiger partial charge in [-0.25, -0.2) is 0 Å². The summed E-state index contributed by atoms with van der Waals surface area (Å²) in [5.74, 6) is -0.182. The summed E-state index contributed by atoms with van der Waals surface area (Å²) in [5, 5.41) is 8.89. The maximum Gasteiger partial charge on any atom is 0.251 e. The highest BCUT2D eigenvalue weighted by Crippen LogP contribution is 2.11. The third-order valence-corrected chi connectivity index (χ3v) is 3.28. The lowest BCUT2D eigenvalue weighted by Gasteiger charge is -2.23. The average Bonchev–Trinajstić information content (AvgIpc) is 2.48. The van der Waals surface area contributed by atoms with E-state index in [0.29, 0.717) is 30.9 Å². The molecule has 1 aromatic carbocycles. The van der Waals surface area contributed by atoms with E-state index in [1.165, 1.54) is 0 Å². The molecule has 1 saturated heterocycles. The van der Waals surface area contributed by atoms with Crippen LogP contribution in [0.15, 0.2) is 24.3 Å². The van der Waals surface area contributed by atoms with Gasteiger partial charge in [-0.1, -0.05) is 0 Å². The first kappa shape index (κ1) is 16.5. The van der Waals surface area contributed by atoms with Gasteiger partial charge in [0.15, 0.2) is 0 Å². The molecule has 120 valence electrons. The van der Waals surface area contributed by atoms with Gasteiger partial charge >= 0.3 is 0 Å². The van der Waals surface area contributed by atoms with Crippen molar-refractivity contribution in [3.05, 3.63) is 29.8 Å². The molecule has 0 bridgehead atoms. The van der Waals surface area contributed by atoms with Gasteiger partial charge in [0.25, 0.3) is 5.91 Å². The van der Waals surface area contributed by atoms with Crippen molar-refractivity contribution in [1.29, 1.82) is 0 Å². The minimum atomic E-state index is -0.114. The van der Waals surface area contributed by atoms with Crippen molar-refractivity contribution in [3.8, 4) is 0 Å². The highest BCUT2D eigenvalue weighted by atomic mass is 16.5. The molecule has 1 aliphatic rings. The Balaban J connectivity index is 1.85. The van der Waals surface area contributed by atoms with Gasteiger partial charge in [0.2, 0.25) is 5.91 Å². The Morgan fingerprint density at radius 2 is 2.05 bits per heavy atom. The number of amides is 2. The molecule has 0 spiro atoms. The molecule has 1 heterocycles. The molecule has 1 fully saturated rings. The summed E-state index contributed by atoms with van der Waals surface area (Å²) in [6.07, 6.45) is 0.371. The van der Waals surface area contributed by atoms with E-state index in [2.05, 4.69) is 16.0 Å². The van der Waals surface area contributed by atoms with Crippen LogP contribution in [0.4, 0.5) is 5.69 Å². The molecule has 2 rings (SSSR count). The monoisotopic (exact) mass is 305 g/mol. The highest BCUT2D eigenvalue weighted by molar-refractivity contribution is 5.96. The lowest BCUT2D eigenvalue weighted by molar-refractivity contribution is -0.117. The van der Waals surface area contributed by atoms with Gasteiger partial charge in [-0.05, 0) is 38.1 Å². The average molecular weight is 305 g/mol. The number of anilines is 1. The van der Waals surface area contributed by atoms with E-state index in [1.54, 1.807) is 24.3 Å². The van der Waals surface area contributed by atoms with Crippen LogP contribution in [0.2, 0.25) is 0 Å². The van der Waals surface area contributed by atoms with Crippen LogP contribution >= 0.6 is 0 Å². The number of hydrogen-bond acceptors (Lipinski definition) is 4. The summed E-state index contributed by atoms with van der Waals surface area (Å²) in [5.41, 5.74) is 1.26. The second-order valence-electron chi connectivity index (χ2n) is 5.68. The quantitative estimate of drug-likeness (QED) is 0.762. The van der Waals surface area contributed by atoms with Crippen molar-refractivity contribution in [2.75, 3.05) is 25.1 Å². The fourth-order valence-electron chi connectivity index (χ4n) is 2.24. The van der Waals surface area contributed by atoms with E-state index in [0.717, 1.165) is 6.54 Å². The Morgan fingerprint density at radius 1 is 1.32 bits per heavy atom. The zero-order valence-electron chi connectivity index (χ0n) is 13.0. The number of rotatable bonds is 5. The van der Waals surface area contributed by atoms with E-state index < -0.39 is 0 Å². The number of carbonyl (C=O) groups is 2. The van der Waals surface area contributed by atoms with Crippen molar-refractivity contribution in [1.82, 2.24) is 10.6 Å². The predicted molar refractivity (Wildman–Crippen MR) is 84.9 cm³/mol. The molecule has 6 nitrogen and oxygen atoms in total. The van der Waals surface area contributed by atoms with Gasteiger partial charge in [-0.2, -0.15) is 0 Å². The second kappa shape index (κ2) is 7.91. The number of nitrogens with one attached hydrogen (secondary N) is 3. The van der Waals surface area contributed by atoms with Gasteiger partial charge < -0.3 is 20.7 Å². The van der Waals surface area contributed by atoms with Crippen LogP contribution in [-0.4, -0.2) is 43.7 Å². The third-order valence-electron chi connectivity index (χ3n) is 3.28. The molecular formula is C16H23N3O3. The molecule has 6 heteroatoms. The van der Waals surface area contributed by atoms with Crippen molar-refractivity contribution in [2.45, 2.75) is 32.4 Å². The van der Waals surface area contributed by atoms with Crippen LogP contribution in [0.5, 0.6) is 0 Å². The Morgan fingerprint density at radius 3 is 2.64 bits per heavy atom. The van der Waals surface area contributed by atoms with Crippen LogP contribution in [0.1, 0.15) is 30.6 Å². The Labute approximate surface area is 130 Å². The minimum absolute atomic E-state index is 0.0600. The van der Waals surface area contributed by atoms with Gasteiger partial charge in [0, 0.05) is 36.3 Å². The van der Waals surface area contributed by atoms with E-state index in [9.17, 15) is 9.59 Å². The van der Waals surface area contributed by atoms with Crippen LogP contribution in [-0.2, 0) is 9.53 Å².